The number of pyridine rings is 1. The monoisotopic (exact) mass is 1010 g/mol. The van der Waals surface area contributed by atoms with Crippen molar-refractivity contribution < 1.29 is 0 Å². The standard InChI is InChI=1S/C69H43N5S2/c1-3-12-45(13-4-1)58-36-33-46-28-29-47-34-37-59(71-66(47)65(46)70-58)53-39-51(38-52(40-53)54-18-11-21-62-64(54)57-17-8-10-20-61(57)75-62)44-24-22-42(23-25-44)43-26-30-49(31-27-43)68-72-67(48-14-5-2-6-15-48)73-69(74-68)50-32-35-56-55-16-7-9-19-60(55)76-63(56)41-50/h1-41,58,70H. The summed E-state index contributed by atoms with van der Waals surface area (Å²) in [6.07, 6.45) is 4.46. The number of anilines is 1. The Labute approximate surface area is 446 Å². The molecule has 14 aromatic rings. The average Bonchev–Trinajstić information content (AvgIpc) is 4.08. The maximum atomic E-state index is 5.49. The number of nitrogens with zero attached hydrogens (tertiary/aromatic N) is 4. The molecule has 0 radical (unpaired) electrons. The van der Waals surface area contributed by atoms with E-state index in [9.17, 15) is 0 Å². The van der Waals surface area contributed by atoms with Crippen molar-refractivity contribution in [2.24, 2.45) is 0 Å². The molecule has 5 heterocycles. The van der Waals surface area contributed by atoms with Gasteiger partial charge >= 0.3 is 0 Å². The van der Waals surface area contributed by atoms with Crippen LogP contribution in [0.2, 0.25) is 0 Å². The second-order valence-electron chi connectivity index (χ2n) is 19.4. The number of benzene rings is 10. The Balaban J connectivity index is 0.794. The predicted molar refractivity (Wildman–Crippen MR) is 321 cm³/mol. The molecule has 0 amide bonds. The highest BCUT2D eigenvalue weighted by Gasteiger charge is 2.20. The minimum atomic E-state index is 0.0540. The summed E-state index contributed by atoms with van der Waals surface area (Å²) in [4.78, 5) is 20.7. The first-order valence-corrected chi connectivity index (χ1v) is 27.2. The first-order valence-electron chi connectivity index (χ1n) is 25.5. The summed E-state index contributed by atoms with van der Waals surface area (Å²) in [7, 11) is 0. The molecule has 76 heavy (non-hydrogen) atoms. The first-order chi connectivity index (χ1) is 37.6. The first kappa shape index (κ1) is 44.1. The van der Waals surface area contributed by atoms with Gasteiger partial charge in [0.2, 0.25) is 0 Å². The van der Waals surface area contributed by atoms with E-state index in [0.29, 0.717) is 17.5 Å². The van der Waals surface area contributed by atoms with Gasteiger partial charge in [-0.1, -0.05) is 200 Å². The van der Waals surface area contributed by atoms with Crippen molar-refractivity contribution in [1.29, 1.82) is 0 Å². The van der Waals surface area contributed by atoms with E-state index in [2.05, 4.69) is 236 Å². The zero-order valence-corrected chi connectivity index (χ0v) is 42.5. The van der Waals surface area contributed by atoms with Crippen LogP contribution in [0.1, 0.15) is 17.2 Å². The molecule has 15 rings (SSSR count). The van der Waals surface area contributed by atoms with Gasteiger partial charge < -0.3 is 5.32 Å². The highest BCUT2D eigenvalue weighted by molar-refractivity contribution is 7.26. The number of thiophene rings is 2. The van der Waals surface area contributed by atoms with Gasteiger partial charge in [-0.05, 0) is 93.0 Å². The van der Waals surface area contributed by atoms with Crippen LogP contribution in [0.25, 0.3) is 136 Å². The van der Waals surface area contributed by atoms with Crippen LogP contribution in [0.4, 0.5) is 5.69 Å². The summed E-state index contributed by atoms with van der Waals surface area (Å²) in [6.45, 7) is 0. The van der Waals surface area contributed by atoms with Gasteiger partial charge in [0.1, 0.15) is 0 Å². The molecule has 0 fully saturated rings. The molecule has 1 unspecified atom stereocenters. The number of fused-ring (bicyclic) bond motifs is 9. The highest BCUT2D eigenvalue weighted by Crippen LogP contribution is 2.44. The SMILES string of the molecule is C1=CC(c2ccccc2)Nc2c1ccc1ccc(-c3cc(-c4ccc(-c5ccc(-c6nc(-c7ccccc7)nc(-c7ccc8c(c7)sc7ccccc78)n6)cc5)cc4)cc(-c4cccc5sc6ccccc6c45)c3)nc21. The van der Waals surface area contributed by atoms with Gasteiger partial charge in [-0.25, -0.2) is 19.9 Å². The Morgan fingerprint density at radius 1 is 0.355 bits per heavy atom. The maximum Gasteiger partial charge on any atom is 0.164 e. The minimum Gasteiger partial charge on any atom is -0.372 e. The van der Waals surface area contributed by atoms with Crippen LogP contribution in [-0.2, 0) is 0 Å². The molecule has 1 aliphatic heterocycles. The van der Waals surface area contributed by atoms with Gasteiger partial charge in [-0.2, -0.15) is 0 Å². The second kappa shape index (κ2) is 18.2. The fourth-order valence-electron chi connectivity index (χ4n) is 10.9. The molecule has 356 valence electrons. The Kier molecular flexibility index (Phi) is 10.6. The fraction of sp³-hybridized carbons (Fsp3) is 0.0145. The Bertz CT molecular complexity index is 4600. The van der Waals surface area contributed by atoms with E-state index in [1.807, 2.05) is 29.5 Å². The van der Waals surface area contributed by atoms with E-state index in [4.69, 9.17) is 19.9 Å². The molecule has 7 heteroatoms. The lowest BCUT2D eigenvalue weighted by Crippen LogP contribution is -2.12. The van der Waals surface area contributed by atoms with E-state index in [0.717, 1.165) is 77.9 Å². The van der Waals surface area contributed by atoms with Crippen molar-refractivity contribution in [2.45, 2.75) is 6.04 Å². The van der Waals surface area contributed by atoms with Crippen LogP contribution in [-0.4, -0.2) is 19.9 Å². The summed E-state index contributed by atoms with van der Waals surface area (Å²) in [5.74, 6) is 1.93. The summed E-state index contributed by atoms with van der Waals surface area (Å²) in [5, 5.41) is 10.0. The topological polar surface area (TPSA) is 63.6 Å². The van der Waals surface area contributed by atoms with Crippen LogP contribution in [0.3, 0.4) is 0 Å². The van der Waals surface area contributed by atoms with Crippen LogP contribution in [0, 0.1) is 0 Å². The van der Waals surface area contributed by atoms with E-state index < -0.39 is 0 Å². The van der Waals surface area contributed by atoms with Gasteiger partial charge in [0.05, 0.1) is 22.9 Å². The summed E-state index contributed by atoms with van der Waals surface area (Å²) < 4.78 is 5.05. The number of rotatable bonds is 8. The number of hydrogen-bond acceptors (Lipinski definition) is 7. The number of nitrogens with one attached hydrogen (secondary N) is 1. The van der Waals surface area contributed by atoms with Gasteiger partial charge in [0.15, 0.2) is 17.5 Å². The summed E-state index contributed by atoms with van der Waals surface area (Å²) in [6, 6.07) is 84.7. The molecule has 1 aliphatic rings. The smallest absolute Gasteiger partial charge is 0.164 e. The predicted octanol–water partition coefficient (Wildman–Crippen LogP) is 19.0. The van der Waals surface area contributed by atoms with Crippen LogP contribution in [0.5, 0.6) is 0 Å². The second-order valence-corrected chi connectivity index (χ2v) is 21.6. The molecule has 0 aliphatic carbocycles. The van der Waals surface area contributed by atoms with Gasteiger partial charge in [0.25, 0.3) is 0 Å². The van der Waals surface area contributed by atoms with Crippen LogP contribution in [0.15, 0.2) is 243 Å². The van der Waals surface area contributed by atoms with Crippen molar-refractivity contribution in [2.75, 3.05) is 5.32 Å². The van der Waals surface area contributed by atoms with Gasteiger partial charge in [-0.3, -0.25) is 0 Å². The lowest BCUT2D eigenvalue weighted by atomic mass is 9.92. The molecule has 5 nitrogen and oxygen atoms in total. The molecule has 0 saturated heterocycles. The lowest BCUT2D eigenvalue weighted by molar-refractivity contribution is 0.981. The van der Waals surface area contributed by atoms with E-state index in [1.165, 1.54) is 51.5 Å². The molecule has 1 atom stereocenters. The average molecular weight is 1010 g/mol. The molecule has 1 N–H and O–H groups in total. The number of hydrogen-bond donors (Lipinski definition) is 1. The molecule has 0 spiro atoms. The van der Waals surface area contributed by atoms with Crippen molar-refractivity contribution in [3.63, 3.8) is 0 Å². The van der Waals surface area contributed by atoms with E-state index >= 15 is 0 Å². The van der Waals surface area contributed by atoms with Crippen molar-refractivity contribution in [3.05, 3.63) is 254 Å². The largest absolute Gasteiger partial charge is 0.372 e. The Morgan fingerprint density at radius 2 is 0.908 bits per heavy atom. The van der Waals surface area contributed by atoms with Gasteiger partial charge in [0, 0.05) is 68.0 Å². The Hall–Kier alpha value is -9.40. The molecule has 10 aromatic carbocycles. The van der Waals surface area contributed by atoms with Crippen molar-refractivity contribution in [1.82, 2.24) is 19.9 Å². The van der Waals surface area contributed by atoms with Crippen LogP contribution >= 0.6 is 22.7 Å². The quantitative estimate of drug-likeness (QED) is 0.164. The third-order valence-corrected chi connectivity index (χ3v) is 17.0. The highest BCUT2D eigenvalue weighted by atomic mass is 32.1. The molecular formula is C69H43N5S2. The third-order valence-electron chi connectivity index (χ3n) is 14.8. The van der Waals surface area contributed by atoms with Crippen molar-refractivity contribution >= 4 is 85.7 Å². The van der Waals surface area contributed by atoms with Gasteiger partial charge in [-0.15, -0.1) is 22.7 Å². The molecule has 4 aromatic heterocycles. The summed E-state index contributed by atoms with van der Waals surface area (Å²) in [5.41, 5.74) is 16.0. The Morgan fingerprint density at radius 3 is 1.67 bits per heavy atom. The lowest BCUT2D eigenvalue weighted by Gasteiger charge is -2.24. The van der Waals surface area contributed by atoms with Crippen molar-refractivity contribution in [3.8, 4) is 78.8 Å². The normalized spacial score (nSPS) is 13.2. The molecular weight excluding hydrogens is 963 g/mol. The third kappa shape index (κ3) is 7.84. The maximum absolute atomic E-state index is 5.49. The van der Waals surface area contributed by atoms with E-state index in [-0.39, 0.29) is 6.04 Å². The zero-order chi connectivity index (χ0) is 50.1. The van der Waals surface area contributed by atoms with E-state index in [1.54, 1.807) is 11.3 Å². The zero-order valence-electron chi connectivity index (χ0n) is 40.9. The number of aromatic nitrogens is 4. The van der Waals surface area contributed by atoms with Crippen LogP contribution < -0.4 is 5.32 Å². The summed E-state index contributed by atoms with van der Waals surface area (Å²) >= 11 is 3.65. The molecule has 0 saturated carbocycles. The fourth-order valence-corrected chi connectivity index (χ4v) is 13.2. The molecule has 0 bridgehead atoms. The minimum absolute atomic E-state index is 0.0540.